The number of rotatable bonds is 4. The Bertz CT molecular complexity index is 1180. The summed E-state index contributed by atoms with van der Waals surface area (Å²) in [4.78, 5) is 36.3. The lowest BCUT2D eigenvalue weighted by molar-refractivity contribution is -0.136. The lowest BCUT2D eigenvalue weighted by Gasteiger charge is -2.04. The van der Waals surface area contributed by atoms with E-state index in [9.17, 15) is 9.59 Å². The quantitative estimate of drug-likeness (QED) is 0.594. The monoisotopic (exact) mass is 349 g/mol. The van der Waals surface area contributed by atoms with Crippen molar-refractivity contribution in [3.05, 3.63) is 68.8 Å². The maximum Gasteiger partial charge on any atom is 0.341 e. The van der Waals surface area contributed by atoms with Crippen molar-refractivity contribution in [1.29, 1.82) is 0 Å². The van der Waals surface area contributed by atoms with Crippen LogP contribution in [0.25, 0.3) is 23.2 Å². The van der Waals surface area contributed by atoms with E-state index in [2.05, 4.69) is 25.2 Å². The van der Waals surface area contributed by atoms with E-state index >= 15 is 0 Å². The summed E-state index contributed by atoms with van der Waals surface area (Å²) < 4.78 is 5.18. The smallest absolute Gasteiger partial charge is 0.341 e. The third-order valence-electron chi connectivity index (χ3n) is 3.98. The number of nitrogens with zero attached hydrogens (tertiary/aromatic N) is 2. The maximum atomic E-state index is 12.5. The fraction of sp³-hybridized carbons (Fsp3) is 0.111. The van der Waals surface area contributed by atoms with Gasteiger partial charge in [0.15, 0.2) is 5.82 Å². The van der Waals surface area contributed by atoms with Crippen molar-refractivity contribution in [2.45, 2.75) is 6.92 Å². The van der Waals surface area contributed by atoms with Gasteiger partial charge in [0.25, 0.3) is 5.56 Å². The highest BCUT2D eigenvalue weighted by Gasteiger charge is 2.23. The zero-order valence-corrected chi connectivity index (χ0v) is 13.9. The molecule has 4 rings (SSSR count). The summed E-state index contributed by atoms with van der Waals surface area (Å²) >= 11 is 0. The number of nitrogens with one attached hydrogen (secondary N) is 3. The van der Waals surface area contributed by atoms with Crippen molar-refractivity contribution in [3.8, 4) is 11.5 Å². The van der Waals surface area contributed by atoms with Gasteiger partial charge < -0.3 is 9.72 Å². The van der Waals surface area contributed by atoms with Crippen LogP contribution in [0.3, 0.4) is 0 Å². The van der Waals surface area contributed by atoms with Crippen LogP contribution in [0.2, 0.25) is 0 Å². The summed E-state index contributed by atoms with van der Waals surface area (Å²) in [6.45, 7) is 1.99. The summed E-state index contributed by atoms with van der Waals surface area (Å²) in [7, 11) is 0. The molecule has 1 aromatic carbocycles. The van der Waals surface area contributed by atoms with Gasteiger partial charge in [-0.2, -0.15) is 0 Å². The van der Waals surface area contributed by atoms with Gasteiger partial charge in [0.1, 0.15) is 5.69 Å². The Hall–Kier alpha value is -3.68. The van der Waals surface area contributed by atoms with E-state index in [0.717, 1.165) is 0 Å². The Morgan fingerprint density at radius 2 is 2.12 bits per heavy atom. The van der Waals surface area contributed by atoms with E-state index in [4.69, 9.17) is 4.74 Å². The lowest BCUT2D eigenvalue weighted by atomic mass is 10.1. The largest absolute Gasteiger partial charge is 0.462 e. The molecule has 0 radical (unpaired) electrons. The zero-order chi connectivity index (χ0) is 18.1. The molecule has 8 nitrogen and oxygen atoms in total. The molecular weight excluding hydrogens is 334 g/mol. The predicted octanol–water partition coefficient (Wildman–Crippen LogP) is 0.481. The normalized spacial score (nSPS) is 14.3. The Morgan fingerprint density at radius 3 is 2.88 bits per heavy atom. The third kappa shape index (κ3) is 2.57. The van der Waals surface area contributed by atoms with E-state index in [1.807, 2.05) is 18.2 Å². The molecule has 3 N–H and O–H groups in total. The summed E-state index contributed by atoms with van der Waals surface area (Å²) in [5.74, 6) is 0.0300. The molecule has 3 heterocycles. The third-order valence-corrected chi connectivity index (χ3v) is 3.98. The first-order valence-corrected chi connectivity index (χ1v) is 8.06. The Morgan fingerprint density at radius 1 is 1.27 bits per heavy atom. The highest BCUT2D eigenvalue weighted by molar-refractivity contribution is 6.17. The van der Waals surface area contributed by atoms with Gasteiger partial charge in [0.2, 0.25) is 0 Å². The van der Waals surface area contributed by atoms with Crippen molar-refractivity contribution < 1.29 is 9.53 Å². The number of H-pyrrole nitrogens is 3. The summed E-state index contributed by atoms with van der Waals surface area (Å²) in [6.07, 6.45) is 4.81. The standard InChI is InChI=1S/C18H15N5O3/c1-2-26-18(25)14-10-5-3-4-6-12(10)21-13(14)9-11-15(22-23-17(11)24)16-19-7-8-20-16/h3-9H,2H2,1H3,(H,19,20)(H2,22,23,24)/b13-9+. The number of fused-ring (bicyclic) bond motifs is 1. The van der Waals surface area contributed by atoms with Crippen molar-refractivity contribution in [1.82, 2.24) is 20.2 Å². The van der Waals surface area contributed by atoms with Gasteiger partial charge in [-0.15, -0.1) is 0 Å². The minimum atomic E-state index is -0.473. The van der Waals surface area contributed by atoms with Gasteiger partial charge in [0, 0.05) is 17.6 Å². The van der Waals surface area contributed by atoms with Crippen molar-refractivity contribution in [3.63, 3.8) is 0 Å². The molecule has 0 bridgehead atoms. The van der Waals surface area contributed by atoms with Crippen LogP contribution in [0.1, 0.15) is 12.5 Å². The fourth-order valence-electron chi connectivity index (χ4n) is 2.86. The first kappa shape index (κ1) is 15.8. The highest BCUT2D eigenvalue weighted by Crippen LogP contribution is 2.22. The number of ether oxygens (including phenoxy) is 1. The number of carbonyl (C=O) groups excluding carboxylic acids is 1. The topological polar surface area (TPSA) is 116 Å². The molecule has 0 saturated carbocycles. The number of aromatic nitrogens is 4. The molecular formula is C18H15N5O3. The minimum absolute atomic E-state index is 0.250. The van der Waals surface area contributed by atoms with Gasteiger partial charge in [-0.25, -0.2) is 14.8 Å². The van der Waals surface area contributed by atoms with E-state index in [0.29, 0.717) is 38.9 Å². The number of carbonyl (C=O) groups is 1. The number of imidazole rings is 1. The van der Waals surface area contributed by atoms with Crippen molar-refractivity contribution in [2.75, 3.05) is 6.61 Å². The summed E-state index contributed by atoms with van der Waals surface area (Å²) in [5.41, 5.74) is 1.20. The second-order valence-corrected chi connectivity index (χ2v) is 5.56. The molecule has 2 aromatic heterocycles. The zero-order valence-electron chi connectivity index (χ0n) is 13.9. The molecule has 1 aliphatic rings. The van der Waals surface area contributed by atoms with Gasteiger partial charge in [-0.05, 0) is 19.1 Å². The fourth-order valence-corrected chi connectivity index (χ4v) is 2.86. The number of esters is 1. The molecule has 0 aliphatic carbocycles. The van der Waals surface area contributed by atoms with E-state index in [1.165, 1.54) is 0 Å². The van der Waals surface area contributed by atoms with Gasteiger partial charge in [0.05, 0.1) is 28.8 Å². The average Bonchev–Trinajstić information content (AvgIpc) is 3.35. The maximum absolute atomic E-state index is 12.5. The van der Waals surface area contributed by atoms with Gasteiger partial charge in [-0.3, -0.25) is 15.0 Å². The van der Waals surface area contributed by atoms with Crippen LogP contribution in [-0.2, 0) is 9.53 Å². The number of benzene rings is 1. The van der Waals surface area contributed by atoms with Crippen LogP contribution in [0.15, 0.2) is 52.1 Å². The van der Waals surface area contributed by atoms with Crippen LogP contribution in [0, 0.1) is 0 Å². The molecule has 0 amide bonds. The Balaban J connectivity index is 1.92. The van der Waals surface area contributed by atoms with Crippen LogP contribution in [0.5, 0.6) is 0 Å². The number of hydrogen-bond acceptors (Lipinski definition) is 5. The Kier molecular flexibility index (Phi) is 3.85. The van der Waals surface area contributed by atoms with E-state index in [1.54, 1.807) is 31.5 Å². The molecule has 1 aliphatic heterocycles. The van der Waals surface area contributed by atoms with Gasteiger partial charge in [-0.1, -0.05) is 18.2 Å². The number of hydrogen-bond donors (Lipinski definition) is 3. The molecule has 0 unspecified atom stereocenters. The minimum Gasteiger partial charge on any atom is -0.462 e. The second-order valence-electron chi connectivity index (χ2n) is 5.56. The van der Waals surface area contributed by atoms with E-state index < -0.39 is 5.97 Å². The molecule has 0 atom stereocenters. The second kappa shape index (κ2) is 6.32. The lowest BCUT2D eigenvalue weighted by Crippen LogP contribution is -2.25. The van der Waals surface area contributed by atoms with Crippen LogP contribution < -0.4 is 16.1 Å². The molecule has 130 valence electrons. The number of aromatic amines is 3. The SMILES string of the molecule is CCOC(=O)C1=c2ccccc2=N/C1=C/c1c(-c2ncc[nH]2)[nH][nH]c1=O. The van der Waals surface area contributed by atoms with Crippen molar-refractivity contribution >= 4 is 17.6 Å². The molecule has 26 heavy (non-hydrogen) atoms. The number of para-hydroxylation sites is 1. The summed E-state index contributed by atoms with van der Waals surface area (Å²) in [5, 5.41) is 6.68. The first-order chi connectivity index (χ1) is 12.7. The highest BCUT2D eigenvalue weighted by atomic mass is 16.5. The molecule has 0 fully saturated rings. The van der Waals surface area contributed by atoms with Crippen LogP contribution in [0.4, 0.5) is 0 Å². The molecule has 8 heteroatoms. The van der Waals surface area contributed by atoms with E-state index in [-0.39, 0.29) is 12.2 Å². The van der Waals surface area contributed by atoms with Crippen molar-refractivity contribution in [2.24, 2.45) is 4.99 Å². The Labute approximate surface area is 147 Å². The summed E-state index contributed by atoms with van der Waals surface area (Å²) in [6, 6.07) is 7.28. The molecule has 0 saturated heterocycles. The predicted molar refractivity (Wildman–Crippen MR) is 94.2 cm³/mol. The van der Waals surface area contributed by atoms with Gasteiger partial charge >= 0.3 is 5.97 Å². The van der Waals surface area contributed by atoms with Crippen LogP contribution >= 0.6 is 0 Å². The first-order valence-electron chi connectivity index (χ1n) is 8.06. The molecule has 3 aromatic rings. The van der Waals surface area contributed by atoms with Crippen LogP contribution in [-0.4, -0.2) is 32.7 Å². The average molecular weight is 349 g/mol. The molecule has 0 spiro atoms.